The number of nitrogens with one attached hydrogen (secondary N) is 1. The van der Waals surface area contributed by atoms with Gasteiger partial charge in [-0.1, -0.05) is 23.7 Å². The van der Waals surface area contributed by atoms with Crippen LogP contribution in [-0.4, -0.2) is 53.2 Å². The average Bonchev–Trinajstić information content (AvgIpc) is 2.74. The molecular weight excluding hydrogens is 475 g/mol. The van der Waals surface area contributed by atoms with E-state index < -0.39 is 52.8 Å². The Bertz CT molecular complexity index is 1070. The summed E-state index contributed by atoms with van der Waals surface area (Å²) in [6, 6.07) is 3.33. The number of pyridine rings is 1. The van der Waals surface area contributed by atoms with E-state index >= 15 is 4.39 Å². The molecule has 7 nitrogen and oxygen atoms in total. The van der Waals surface area contributed by atoms with Crippen LogP contribution in [0.1, 0.15) is 24.0 Å². The number of aromatic nitrogens is 1. The maximum absolute atomic E-state index is 15.1. The molecule has 0 spiro atoms. The summed E-state index contributed by atoms with van der Waals surface area (Å²) in [4.78, 5) is 30.0. The number of benzene rings is 1. The SMILES string of the molecule is CC1([C@H](c2ccc(OCC(F)(F)F)nc2)c2ccc(F)c(Cl)c2F)C(=O)NCCN1C(N)=O. The van der Waals surface area contributed by atoms with E-state index in [0.29, 0.717) is 0 Å². The molecule has 0 saturated carbocycles. The van der Waals surface area contributed by atoms with Crippen LogP contribution in [0.5, 0.6) is 5.88 Å². The minimum atomic E-state index is -4.59. The van der Waals surface area contributed by atoms with Gasteiger partial charge in [0, 0.05) is 36.8 Å². The topological polar surface area (TPSA) is 97.6 Å². The lowest BCUT2D eigenvalue weighted by atomic mass is 9.73. The first-order valence-corrected chi connectivity index (χ1v) is 9.88. The largest absolute Gasteiger partial charge is 0.468 e. The number of nitrogens with two attached hydrogens (primary N) is 1. The molecule has 3 N–H and O–H groups in total. The van der Waals surface area contributed by atoms with Gasteiger partial charge in [-0.05, 0) is 18.6 Å². The van der Waals surface area contributed by atoms with Crippen molar-refractivity contribution in [3.63, 3.8) is 0 Å². The fourth-order valence-corrected chi connectivity index (χ4v) is 3.99. The van der Waals surface area contributed by atoms with Crippen LogP contribution in [-0.2, 0) is 4.79 Å². The van der Waals surface area contributed by atoms with E-state index in [9.17, 15) is 27.2 Å². The Balaban J connectivity index is 2.15. The van der Waals surface area contributed by atoms with E-state index in [1.54, 1.807) is 0 Å². The van der Waals surface area contributed by atoms with Gasteiger partial charge in [0.05, 0.1) is 0 Å². The zero-order valence-corrected chi connectivity index (χ0v) is 17.8. The van der Waals surface area contributed by atoms with Crippen LogP contribution in [0.2, 0.25) is 5.02 Å². The van der Waals surface area contributed by atoms with Gasteiger partial charge in [-0.25, -0.2) is 18.6 Å². The van der Waals surface area contributed by atoms with Crippen molar-refractivity contribution in [1.29, 1.82) is 0 Å². The Kier molecular flexibility index (Phi) is 6.68. The van der Waals surface area contributed by atoms with E-state index in [4.69, 9.17) is 17.3 Å². The number of urea groups is 1. The average molecular weight is 493 g/mol. The smallest absolute Gasteiger partial charge is 0.422 e. The van der Waals surface area contributed by atoms with Crippen LogP contribution < -0.4 is 15.8 Å². The first-order valence-electron chi connectivity index (χ1n) is 9.50. The number of halogens is 6. The number of hydrogen-bond donors (Lipinski definition) is 2. The van der Waals surface area contributed by atoms with Gasteiger partial charge in [0.15, 0.2) is 6.61 Å². The normalized spacial score (nSPS) is 19.7. The molecule has 2 heterocycles. The molecule has 178 valence electrons. The van der Waals surface area contributed by atoms with E-state index in [1.807, 2.05) is 0 Å². The molecule has 1 aliphatic heterocycles. The molecule has 0 aliphatic carbocycles. The number of hydrogen-bond acceptors (Lipinski definition) is 4. The highest BCUT2D eigenvalue weighted by Gasteiger charge is 2.52. The molecule has 1 aromatic heterocycles. The minimum Gasteiger partial charge on any atom is -0.468 e. The van der Waals surface area contributed by atoms with Crippen molar-refractivity contribution in [3.8, 4) is 5.88 Å². The zero-order chi connectivity index (χ0) is 24.6. The molecule has 13 heteroatoms. The predicted molar refractivity (Wildman–Crippen MR) is 107 cm³/mol. The predicted octanol–water partition coefficient (Wildman–Crippen LogP) is 3.36. The van der Waals surface area contributed by atoms with Crippen molar-refractivity contribution >= 4 is 23.5 Å². The second-order valence-electron chi connectivity index (χ2n) is 7.42. The zero-order valence-electron chi connectivity index (χ0n) is 17.0. The molecule has 0 bridgehead atoms. The van der Waals surface area contributed by atoms with Crippen molar-refractivity contribution in [2.24, 2.45) is 5.73 Å². The Hall–Kier alpha value is -3.15. The monoisotopic (exact) mass is 492 g/mol. The van der Waals surface area contributed by atoms with E-state index in [1.165, 1.54) is 13.0 Å². The van der Waals surface area contributed by atoms with Crippen LogP contribution in [0, 0.1) is 11.6 Å². The van der Waals surface area contributed by atoms with Gasteiger partial charge in [-0.15, -0.1) is 0 Å². The number of nitrogens with zero attached hydrogens (tertiary/aromatic N) is 2. The quantitative estimate of drug-likeness (QED) is 0.494. The molecular formula is C20H18ClF5N4O3. The number of piperazine rings is 1. The summed E-state index contributed by atoms with van der Waals surface area (Å²) >= 11 is 5.75. The summed E-state index contributed by atoms with van der Waals surface area (Å²) in [5, 5.41) is 1.75. The molecule has 1 saturated heterocycles. The van der Waals surface area contributed by atoms with Gasteiger partial charge in [0.1, 0.15) is 22.2 Å². The molecule has 1 aromatic carbocycles. The van der Waals surface area contributed by atoms with Gasteiger partial charge in [0.2, 0.25) is 11.8 Å². The highest BCUT2D eigenvalue weighted by atomic mass is 35.5. The van der Waals surface area contributed by atoms with Gasteiger partial charge in [-0.2, -0.15) is 13.2 Å². The summed E-state index contributed by atoms with van der Waals surface area (Å²) in [7, 11) is 0. The lowest BCUT2D eigenvalue weighted by Crippen LogP contribution is -2.68. The van der Waals surface area contributed by atoms with Gasteiger partial charge < -0.3 is 20.7 Å². The second kappa shape index (κ2) is 9.00. The second-order valence-corrected chi connectivity index (χ2v) is 7.80. The molecule has 3 amide bonds. The van der Waals surface area contributed by atoms with Gasteiger partial charge >= 0.3 is 12.2 Å². The van der Waals surface area contributed by atoms with E-state index in [-0.39, 0.29) is 30.1 Å². The Morgan fingerprint density at radius 2 is 2.03 bits per heavy atom. The van der Waals surface area contributed by atoms with Crippen molar-refractivity contribution < 1.29 is 36.3 Å². The summed E-state index contributed by atoms with van der Waals surface area (Å²) in [6.07, 6.45) is -3.52. The highest BCUT2D eigenvalue weighted by Crippen LogP contribution is 2.42. The number of rotatable bonds is 5. The van der Waals surface area contributed by atoms with Gasteiger partial charge in [-0.3, -0.25) is 4.79 Å². The van der Waals surface area contributed by atoms with Gasteiger partial charge in [0.25, 0.3) is 0 Å². The van der Waals surface area contributed by atoms with Crippen LogP contribution in [0.3, 0.4) is 0 Å². The van der Waals surface area contributed by atoms with Crippen LogP contribution >= 0.6 is 11.6 Å². The standard InChI is InChI=1S/C20H18ClF5N4O3/c1-19(17(31)28-6-7-30(19)18(27)32)14(11-3-4-12(22)15(21)16(11)23)10-2-5-13(29-8-10)33-9-20(24,25)26/h2-5,8,14H,6-7,9H2,1H3,(H2,27,32)(H,28,31)/t14-,19?/m1/s1. The number of alkyl halides is 3. The number of carbonyl (C=O) groups is 2. The third-order valence-corrected chi connectivity index (χ3v) is 5.67. The third kappa shape index (κ3) is 4.80. The molecule has 33 heavy (non-hydrogen) atoms. The maximum Gasteiger partial charge on any atom is 0.422 e. The lowest BCUT2D eigenvalue weighted by Gasteiger charge is -2.47. The summed E-state index contributed by atoms with van der Waals surface area (Å²) < 4.78 is 70.7. The van der Waals surface area contributed by atoms with Crippen molar-refractivity contribution in [3.05, 3.63) is 58.2 Å². The number of amides is 3. The number of ether oxygens (including phenoxy) is 1. The highest BCUT2D eigenvalue weighted by molar-refractivity contribution is 6.31. The molecule has 1 aliphatic rings. The summed E-state index contributed by atoms with van der Waals surface area (Å²) in [5.41, 5.74) is 3.52. The Labute approximate surface area is 189 Å². The molecule has 1 unspecified atom stereocenters. The van der Waals surface area contributed by atoms with E-state index in [0.717, 1.165) is 29.3 Å². The molecule has 2 aromatic rings. The Morgan fingerprint density at radius 1 is 1.33 bits per heavy atom. The molecule has 2 atom stereocenters. The molecule has 0 radical (unpaired) electrons. The third-order valence-electron chi connectivity index (χ3n) is 5.32. The minimum absolute atomic E-state index is 0.00910. The van der Waals surface area contributed by atoms with Crippen molar-refractivity contribution in [1.82, 2.24) is 15.2 Å². The van der Waals surface area contributed by atoms with Crippen LogP contribution in [0.25, 0.3) is 0 Å². The number of carbonyl (C=O) groups excluding carboxylic acids is 2. The van der Waals surface area contributed by atoms with Crippen molar-refractivity contribution in [2.75, 3.05) is 19.7 Å². The Morgan fingerprint density at radius 3 is 2.61 bits per heavy atom. The maximum atomic E-state index is 15.1. The first kappa shape index (κ1) is 24.5. The summed E-state index contributed by atoms with van der Waals surface area (Å²) in [6.45, 7) is -0.174. The van der Waals surface area contributed by atoms with Crippen LogP contribution in [0.4, 0.5) is 26.7 Å². The van der Waals surface area contributed by atoms with Crippen molar-refractivity contribution in [2.45, 2.75) is 24.6 Å². The summed E-state index contributed by atoms with van der Waals surface area (Å²) in [5.74, 6) is -4.60. The molecule has 3 rings (SSSR count). The van der Waals surface area contributed by atoms with E-state index in [2.05, 4.69) is 15.0 Å². The fourth-order valence-electron chi connectivity index (χ4n) is 3.82. The first-order chi connectivity index (χ1) is 15.4. The fraction of sp³-hybridized carbons (Fsp3) is 0.350. The van der Waals surface area contributed by atoms with Crippen LogP contribution in [0.15, 0.2) is 30.5 Å². The molecule has 1 fully saturated rings. The lowest BCUT2D eigenvalue weighted by molar-refractivity contribution is -0.154. The number of primary amides is 1.